The Morgan fingerprint density at radius 2 is 2.00 bits per heavy atom. The van der Waals surface area contributed by atoms with Gasteiger partial charge in [0.2, 0.25) is 0 Å². The second kappa shape index (κ2) is 5.22. The molecule has 0 amide bonds. The summed E-state index contributed by atoms with van der Waals surface area (Å²) in [4.78, 5) is 6.71. The third-order valence-corrected chi connectivity index (χ3v) is 6.75. The molecule has 4 fully saturated rings. The van der Waals surface area contributed by atoms with Crippen LogP contribution in [0.25, 0.3) is 0 Å². The van der Waals surface area contributed by atoms with Crippen LogP contribution in [0.2, 0.25) is 0 Å². The molecule has 4 rings (SSSR count). The first-order valence-corrected chi connectivity index (χ1v) is 8.89. The molecule has 0 bridgehead atoms. The molecule has 3 nitrogen and oxygen atoms in total. The van der Waals surface area contributed by atoms with E-state index < -0.39 is 0 Å². The average Bonchev–Trinajstić information content (AvgIpc) is 2.48. The maximum atomic E-state index is 5.76. The maximum absolute atomic E-state index is 5.76. The second-order valence-corrected chi connectivity index (χ2v) is 7.75. The molecule has 0 aromatic heterocycles. The number of hydrogen-bond donors (Lipinski definition) is 1. The van der Waals surface area contributed by atoms with E-state index in [1.807, 2.05) is 0 Å². The van der Waals surface area contributed by atoms with Gasteiger partial charge in [0.1, 0.15) is 0 Å². The smallest absolute Gasteiger partial charge is 0.0797 e. The highest BCUT2D eigenvalue weighted by Crippen LogP contribution is 2.44. The molecule has 4 aliphatic heterocycles. The minimum absolute atomic E-state index is 0.610. The Hall–Kier alpha value is -0.190. The van der Waals surface area contributed by atoms with E-state index in [1.165, 1.54) is 56.7 Å². The molecule has 5 atom stereocenters. The molecule has 0 aromatic rings. The predicted octanol–water partition coefficient (Wildman–Crippen LogP) is 1.87. The van der Waals surface area contributed by atoms with Gasteiger partial charge in [0, 0.05) is 31.1 Å². The predicted molar refractivity (Wildman–Crippen MR) is 86.0 cm³/mol. The molecule has 0 aliphatic carbocycles. The summed E-state index contributed by atoms with van der Waals surface area (Å²) in [5.74, 6) is 1.76. The van der Waals surface area contributed by atoms with E-state index in [0.717, 1.165) is 30.3 Å². The molecular weight excluding hydrogens is 266 g/mol. The molecule has 0 aromatic carbocycles. The van der Waals surface area contributed by atoms with Gasteiger partial charge in [-0.05, 0) is 64.1 Å². The van der Waals surface area contributed by atoms with Crippen LogP contribution in [0.1, 0.15) is 38.5 Å². The van der Waals surface area contributed by atoms with Gasteiger partial charge in [-0.2, -0.15) is 0 Å². The number of hydrogen-bond acceptors (Lipinski definition) is 3. The highest BCUT2D eigenvalue weighted by atomic mass is 32.1. The number of nitrogens with zero attached hydrogens (tertiary/aromatic N) is 2. The molecule has 0 saturated carbocycles. The second-order valence-electron chi connectivity index (χ2n) is 7.27. The molecule has 4 aliphatic rings. The van der Waals surface area contributed by atoms with Crippen molar-refractivity contribution in [2.24, 2.45) is 11.8 Å². The van der Waals surface area contributed by atoms with Gasteiger partial charge in [0.25, 0.3) is 0 Å². The highest BCUT2D eigenvalue weighted by Gasteiger charge is 2.50. The molecule has 0 spiro atoms. The zero-order valence-corrected chi connectivity index (χ0v) is 13.4. The van der Waals surface area contributed by atoms with Crippen LogP contribution in [0, 0.1) is 11.8 Å². The summed E-state index contributed by atoms with van der Waals surface area (Å²) in [6.07, 6.45) is 8.04. The minimum atomic E-state index is 0.610. The van der Waals surface area contributed by atoms with Crippen molar-refractivity contribution < 1.29 is 0 Å². The fourth-order valence-electron chi connectivity index (χ4n) is 5.51. The summed E-state index contributed by atoms with van der Waals surface area (Å²) in [6.45, 7) is 3.95. The first-order valence-electron chi connectivity index (χ1n) is 8.48. The van der Waals surface area contributed by atoms with E-state index in [-0.39, 0.29) is 0 Å². The molecular formula is C16H27N3S. The summed E-state index contributed by atoms with van der Waals surface area (Å²) in [5, 5.41) is 3.49. The highest BCUT2D eigenvalue weighted by molar-refractivity contribution is 7.80. The number of fused-ring (bicyclic) bond motifs is 2. The molecule has 112 valence electrons. The third kappa shape index (κ3) is 2.03. The van der Waals surface area contributed by atoms with E-state index in [1.54, 1.807) is 0 Å². The summed E-state index contributed by atoms with van der Waals surface area (Å²) in [5.41, 5.74) is 0. The van der Waals surface area contributed by atoms with Crippen LogP contribution >= 0.6 is 12.2 Å². The Balaban J connectivity index is 1.63. The first-order chi connectivity index (χ1) is 9.78. The SMILES string of the molecule is CNC1CC(=S)N2C[C@@H]3CCCN4CCC[C@@H]([C@H]34)[C@H]2C1. The summed E-state index contributed by atoms with van der Waals surface area (Å²) < 4.78 is 0. The fourth-order valence-corrected chi connectivity index (χ4v) is 5.92. The van der Waals surface area contributed by atoms with Crippen molar-refractivity contribution in [3.63, 3.8) is 0 Å². The Morgan fingerprint density at radius 1 is 1.20 bits per heavy atom. The van der Waals surface area contributed by atoms with Gasteiger partial charge in [0.05, 0.1) is 4.99 Å². The van der Waals surface area contributed by atoms with Crippen molar-refractivity contribution >= 4 is 17.2 Å². The van der Waals surface area contributed by atoms with Gasteiger partial charge in [-0.1, -0.05) is 12.2 Å². The number of nitrogens with one attached hydrogen (secondary N) is 1. The molecule has 4 heterocycles. The lowest BCUT2D eigenvalue weighted by Crippen LogP contribution is -2.67. The third-order valence-electron chi connectivity index (χ3n) is 6.35. The Bertz CT molecular complexity index is 397. The van der Waals surface area contributed by atoms with E-state index in [2.05, 4.69) is 22.2 Å². The van der Waals surface area contributed by atoms with Gasteiger partial charge in [-0.3, -0.25) is 4.90 Å². The zero-order valence-electron chi connectivity index (χ0n) is 12.6. The number of piperidine rings is 4. The van der Waals surface area contributed by atoms with Crippen molar-refractivity contribution in [3.8, 4) is 0 Å². The van der Waals surface area contributed by atoms with E-state index in [4.69, 9.17) is 12.2 Å². The fraction of sp³-hybridized carbons (Fsp3) is 0.938. The van der Waals surface area contributed by atoms with Crippen LogP contribution in [-0.2, 0) is 0 Å². The molecule has 4 heteroatoms. The summed E-state index contributed by atoms with van der Waals surface area (Å²) in [6, 6.07) is 2.20. The first kappa shape index (κ1) is 13.5. The number of rotatable bonds is 1. The largest absolute Gasteiger partial charge is 0.362 e. The lowest BCUT2D eigenvalue weighted by atomic mass is 9.67. The monoisotopic (exact) mass is 293 g/mol. The van der Waals surface area contributed by atoms with E-state index >= 15 is 0 Å². The normalized spacial score (nSPS) is 45.0. The van der Waals surface area contributed by atoms with Gasteiger partial charge in [0.15, 0.2) is 0 Å². The van der Waals surface area contributed by atoms with E-state index in [0.29, 0.717) is 6.04 Å². The van der Waals surface area contributed by atoms with Crippen LogP contribution in [0.15, 0.2) is 0 Å². The van der Waals surface area contributed by atoms with Crippen molar-refractivity contribution in [2.75, 3.05) is 26.7 Å². The summed E-state index contributed by atoms with van der Waals surface area (Å²) >= 11 is 5.76. The van der Waals surface area contributed by atoms with Crippen LogP contribution in [0.5, 0.6) is 0 Å². The van der Waals surface area contributed by atoms with Crippen molar-refractivity contribution in [2.45, 2.75) is 56.7 Å². The van der Waals surface area contributed by atoms with Crippen LogP contribution in [0.3, 0.4) is 0 Å². The van der Waals surface area contributed by atoms with Crippen LogP contribution in [-0.4, -0.2) is 59.6 Å². The summed E-state index contributed by atoms with van der Waals surface area (Å²) in [7, 11) is 2.10. The van der Waals surface area contributed by atoms with Crippen LogP contribution in [0.4, 0.5) is 0 Å². The van der Waals surface area contributed by atoms with Crippen molar-refractivity contribution in [3.05, 3.63) is 0 Å². The van der Waals surface area contributed by atoms with Gasteiger partial charge < -0.3 is 10.2 Å². The number of thiocarbonyl (C=S) groups is 1. The maximum Gasteiger partial charge on any atom is 0.0797 e. The average molecular weight is 293 g/mol. The van der Waals surface area contributed by atoms with Gasteiger partial charge in [-0.15, -0.1) is 0 Å². The molecule has 20 heavy (non-hydrogen) atoms. The standard InChI is InChI=1S/C16H27N3S/c1-17-12-8-14-13-5-3-7-18-6-2-4-11(16(13)18)10-19(14)15(20)9-12/h11-14,16-17H,2-10H2,1H3/t11-,12?,13+,14+,16-/m0/s1. The topological polar surface area (TPSA) is 18.5 Å². The zero-order chi connectivity index (χ0) is 13.7. The molecule has 1 unspecified atom stereocenters. The lowest BCUT2D eigenvalue weighted by molar-refractivity contribution is -0.0617. The molecule has 0 radical (unpaired) electrons. The quantitative estimate of drug-likeness (QED) is 0.744. The Kier molecular flexibility index (Phi) is 3.52. The van der Waals surface area contributed by atoms with Gasteiger partial charge in [-0.25, -0.2) is 0 Å². The molecule has 4 saturated heterocycles. The van der Waals surface area contributed by atoms with Gasteiger partial charge >= 0.3 is 0 Å². The minimum Gasteiger partial charge on any atom is -0.362 e. The van der Waals surface area contributed by atoms with E-state index in [9.17, 15) is 0 Å². The molecule has 1 N–H and O–H groups in total. The Labute approximate surface area is 128 Å². The van der Waals surface area contributed by atoms with Crippen LogP contribution < -0.4 is 5.32 Å². The van der Waals surface area contributed by atoms with Crippen molar-refractivity contribution in [1.82, 2.24) is 15.1 Å². The van der Waals surface area contributed by atoms with Crippen molar-refractivity contribution in [1.29, 1.82) is 0 Å². The lowest BCUT2D eigenvalue weighted by Gasteiger charge is -2.60. The Morgan fingerprint density at radius 3 is 2.80 bits per heavy atom.